The van der Waals surface area contributed by atoms with Gasteiger partial charge in [0.15, 0.2) is 0 Å². The van der Waals surface area contributed by atoms with E-state index < -0.39 is 17.6 Å². The van der Waals surface area contributed by atoms with Gasteiger partial charge < -0.3 is 15.0 Å². The highest BCUT2D eigenvalue weighted by molar-refractivity contribution is 6.35. The molecular formula is C19H17F3N2O2. The van der Waals surface area contributed by atoms with E-state index in [-0.39, 0.29) is 11.1 Å². The number of carbonyl (C=O) groups is 1. The number of fused-ring (bicyclic) bond motifs is 2. The SMILES string of the molecule is COc1c(C=C2C(=O)Nc3ccc(C(F)(F)F)cc32)[nH]c2c1CCCC2. The smallest absolute Gasteiger partial charge is 0.416 e. The molecule has 1 aliphatic heterocycles. The van der Waals surface area contributed by atoms with Gasteiger partial charge in [-0.05, 0) is 50.0 Å². The van der Waals surface area contributed by atoms with Crippen LogP contribution in [0.3, 0.4) is 0 Å². The first-order valence-corrected chi connectivity index (χ1v) is 8.41. The Bertz CT molecular complexity index is 926. The molecule has 0 saturated carbocycles. The molecule has 0 spiro atoms. The van der Waals surface area contributed by atoms with E-state index in [1.165, 1.54) is 6.07 Å². The van der Waals surface area contributed by atoms with Crippen molar-refractivity contribution in [3.8, 4) is 5.75 Å². The quantitative estimate of drug-likeness (QED) is 0.778. The van der Waals surface area contributed by atoms with Crippen LogP contribution in [0.25, 0.3) is 11.6 Å². The Hall–Kier alpha value is -2.70. The predicted molar refractivity (Wildman–Crippen MR) is 91.9 cm³/mol. The molecule has 0 fully saturated rings. The zero-order chi connectivity index (χ0) is 18.5. The molecule has 0 unspecified atom stereocenters. The standard InChI is InChI=1S/C19H17F3N2O2/c1-26-17-11-4-2-3-5-14(11)23-16(17)9-13-12-8-10(19(20,21)22)6-7-15(12)24-18(13)25/h6-9,23H,2-5H2,1H3,(H,24,25). The summed E-state index contributed by atoms with van der Waals surface area (Å²) >= 11 is 0. The van der Waals surface area contributed by atoms with Crippen molar-refractivity contribution in [1.29, 1.82) is 0 Å². The third kappa shape index (κ3) is 2.67. The summed E-state index contributed by atoms with van der Waals surface area (Å²) in [6.07, 6.45) is 1.04. The molecule has 0 atom stereocenters. The molecule has 26 heavy (non-hydrogen) atoms. The Balaban J connectivity index is 1.83. The van der Waals surface area contributed by atoms with Crippen LogP contribution in [0, 0.1) is 0 Å². The predicted octanol–water partition coefficient (Wildman–Crippen LogP) is 4.41. The molecule has 0 bridgehead atoms. The fourth-order valence-electron chi connectivity index (χ4n) is 3.66. The number of alkyl halides is 3. The van der Waals surface area contributed by atoms with Gasteiger partial charge >= 0.3 is 6.18 Å². The third-order valence-corrected chi connectivity index (χ3v) is 4.89. The monoisotopic (exact) mass is 362 g/mol. The molecule has 4 rings (SSSR count). The Labute approximate surface area is 148 Å². The summed E-state index contributed by atoms with van der Waals surface area (Å²) in [4.78, 5) is 15.6. The molecule has 2 aromatic rings. The zero-order valence-electron chi connectivity index (χ0n) is 14.1. The highest BCUT2D eigenvalue weighted by atomic mass is 19.4. The van der Waals surface area contributed by atoms with Crippen LogP contribution >= 0.6 is 0 Å². The van der Waals surface area contributed by atoms with Crippen molar-refractivity contribution in [3.63, 3.8) is 0 Å². The number of H-pyrrole nitrogens is 1. The normalized spacial score (nSPS) is 17.8. The Morgan fingerprint density at radius 3 is 2.69 bits per heavy atom. The van der Waals surface area contributed by atoms with Crippen molar-refractivity contribution in [2.45, 2.75) is 31.9 Å². The summed E-state index contributed by atoms with van der Waals surface area (Å²) in [5.41, 5.74) is 2.83. The summed E-state index contributed by atoms with van der Waals surface area (Å²) < 4.78 is 44.6. The number of anilines is 1. The van der Waals surface area contributed by atoms with Crippen LogP contribution in [0.2, 0.25) is 0 Å². The lowest BCUT2D eigenvalue weighted by atomic mass is 9.97. The number of aryl methyl sites for hydroxylation is 1. The largest absolute Gasteiger partial charge is 0.494 e. The van der Waals surface area contributed by atoms with Gasteiger partial charge in [0.25, 0.3) is 5.91 Å². The topological polar surface area (TPSA) is 54.1 Å². The van der Waals surface area contributed by atoms with Gasteiger partial charge in [-0.3, -0.25) is 4.79 Å². The van der Waals surface area contributed by atoms with Crippen LogP contribution in [0.1, 0.15) is 40.9 Å². The number of aromatic amines is 1. The average Bonchev–Trinajstić information content (AvgIpc) is 3.11. The Morgan fingerprint density at radius 1 is 1.19 bits per heavy atom. The number of rotatable bonds is 2. The number of methoxy groups -OCH3 is 1. The summed E-state index contributed by atoms with van der Waals surface area (Å²) in [6.45, 7) is 0. The molecule has 2 N–H and O–H groups in total. The van der Waals surface area contributed by atoms with Gasteiger partial charge in [0.2, 0.25) is 0 Å². The molecule has 1 amide bonds. The number of nitrogens with one attached hydrogen (secondary N) is 2. The van der Waals surface area contributed by atoms with Gasteiger partial charge in [0, 0.05) is 22.5 Å². The van der Waals surface area contributed by atoms with Gasteiger partial charge in [0.05, 0.1) is 23.9 Å². The number of benzene rings is 1. The highest BCUT2D eigenvalue weighted by Crippen LogP contribution is 2.40. The molecule has 7 heteroatoms. The highest BCUT2D eigenvalue weighted by Gasteiger charge is 2.34. The van der Waals surface area contributed by atoms with Crippen molar-refractivity contribution in [2.75, 3.05) is 12.4 Å². The van der Waals surface area contributed by atoms with Crippen LogP contribution in [-0.4, -0.2) is 18.0 Å². The number of carbonyl (C=O) groups excluding carboxylic acids is 1. The van der Waals surface area contributed by atoms with Crippen LogP contribution in [-0.2, 0) is 23.8 Å². The van der Waals surface area contributed by atoms with E-state index in [1.54, 1.807) is 13.2 Å². The van der Waals surface area contributed by atoms with E-state index in [2.05, 4.69) is 10.3 Å². The molecule has 0 saturated heterocycles. The minimum atomic E-state index is -4.46. The minimum absolute atomic E-state index is 0.197. The van der Waals surface area contributed by atoms with Crippen LogP contribution < -0.4 is 10.1 Å². The summed E-state index contributed by atoms with van der Waals surface area (Å²) in [6, 6.07) is 3.26. The van der Waals surface area contributed by atoms with Crippen molar-refractivity contribution in [2.24, 2.45) is 0 Å². The van der Waals surface area contributed by atoms with E-state index in [0.717, 1.165) is 49.1 Å². The maximum absolute atomic E-state index is 13.0. The van der Waals surface area contributed by atoms with E-state index in [9.17, 15) is 18.0 Å². The number of halogens is 3. The maximum atomic E-state index is 13.0. The number of ether oxygens (including phenoxy) is 1. The van der Waals surface area contributed by atoms with E-state index in [4.69, 9.17) is 4.74 Å². The number of hydrogen-bond donors (Lipinski definition) is 2. The van der Waals surface area contributed by atoms with Crippen molar-refractivity contribution in [3.05, 3.63) is 46.3 Å². The molecule has 4 nitrogen and oxygen atoms in total. The lowest BCUT2D eigenvalue weighted by molar-refractivity contribution is -0.137. The second kappa shape index (κ2) is 5.93. The molecule has 2 aliphatic rings. The van der Waals surface area contributed by atoms with Gasteiger partial charge in [0.1, 0.15) is 5.75 Å². The lowest BCUT2D eigenvalue weighted by Crippen LogP contribution is -2.04. The molecular weight excluding hydrogens is 345 g/mol. The van der Waals surface area contributed by atoms with E-state index in [0.29, 0.717) is 17.1 Å². The molecule has 136 valence electrons. The van der Waals surface area contributed by atoms with Gasteiger partial charge in [-0.1, -0.05) is 0 Å². The second-order valence-corrected chi connectivity index (χ2v) is 6.51. The summed E-state index contributed by atoms with van der Waals surface area (Å²) in [5, 5.41) is 2.62. The van der Waals surface area contributed by atoms with Crippen LogP contribution in [0.5, 0.6) is 5.75 Å². The molecule has 1 aliphatic carbocycles. The molecule has 1 aromatic heterocycles. The lowest BCUT2D eigenvalue weighted by Gasteiger charge is -2.11. The summed E-state index contributed by atoms with van der Waals surface area (Å²) in [5.74, 6) is 0.245. The number of amides is 1. The first-order valence-electron chi connectivity index (χ1n) is 8.41. The first-order chi connectivity index (χ1) is 12.4. The van der Waals surface area contributed by atoms with Crippen LogP contribution in [0.4, 0.5) is 18.9 Å². The second-order valence-electron chi connectivity index (χ2n) is 6.51. The average molecular weight is 362 g/mol. The summed E-state index contributed by atoms with van der Waals surface area (Å²) in [7, 11) is 1.56. The van der Waals surface area contributed by atoms with E-state index >= 15 is 0 Å². The molecule has 0 radical (unpaired) electrons. The number of aromatic nitrogens is 1. The molecule has 2 heterocycles. The van der Waals surface area contributed by atoms with Gasteiger partial charge in [-0.2, -0.15) is 13.2 Å². The third-order valence-electron chi connectivity index (χ3n) is 4.89. The van der Waals surface area contributed by atoms with Crippen LogP contribution in [0.15, 0.2) is 18.2 Å². The van der Waals surface area contributed by atoms with E-state index in [1.807, 2.05) is 0 Å². The number of hydrogen-bond acceptors (Lipinski definition) is 2. The maximum Gasteiger partial charge on any atom is 0.416 e. The fraction of sp³-hybridized carbons (Fsp3) is 0.316. The van der Waals surface area contributed by atoms with Crippen molar-refractivity contribution >= 4 is 23.2 Å². The van der Waals surface area contributed by atoms with Crippen molar-refractivity contribution in [1.82, 2.24) is 4.98 Å². The Morgan fingerprint density at radius 2 is 1.96 bits per heavy atom. The minimum Gasteiger partial charge on any atom is -0.494 e. The zero-order valence-corrected chi connectivity index (χ0v) is 14.1. The van der Waals surface area contributed by atoms with Gasteiger partial charge in [-0.15, -0.1) is 0 Å². The van der Waals surface area contributed by atoms with Gasteiger partial charge in [-0.25, -0.2) is 0 Å². The molecule has 1 aromatic carbocycles. The fourth-order valence-corrected chi connectivity index (χ4v) is 3.66. The Kier molecular flexibility index (Phi) is 3.82. The first kappa shape index (κ1) is 16.8. The van der Waals surface area contributed by atoms with Crippen molar-refractivity contribution < 1.29 is 22.7 Å².